The van der Waals surface area contributed by atoms with E-state index in [2.05, 4.69) is 4.72 Å². The number of ether oxygens (including phenoxy) is 1. The van der Waals surface area contributed by atoms with Gasteiger partial charge < -0.3 is 4.74 Å². The van der Waals surface area contributed by atoms with Gasteiger partial charge in [-0.3, -0.25) is 4.72 Å². The zero-order valence-electron chi connectivity index (χ0n) is 10.9. The van der Waals surface area contributed by atoms with Gasteiger partial charge in [-0.25, -0.2) is 8.42 Å². The molecule has 1 aromatic heterocycles. The van der Waals surface area contributed by atoms with Crippen LogP contribution in [0.15, 0.2) is 34.5 Å². The smallest absolute Gasteiger partial charge is 0.271 e. The third-order valence-corrected chi connectivity index (χ3v) is 5.44. The van der Waals surface area contributed by atoms with Crippen molar-refractivity contribution in [1.29, 1.82) is 0 Å². The highest BCUT2D eigenvalue weighted by atomic mass is 32.2. The Morgan fingerprint density at radius 1 is 1.16 bits per heavy atom. The minimum atomic E-state index is -3.55. The van der Waals surface area contributed by atoms with Gasteiger partial charge in [-0.1, -0.05) is 6.07 Å². The summed E-state index contributed by atoms with van der Waals surface area (Å²) in [6, 6.07) is 8.71. The number of rotatable bonds is 4. The largest absolute Gasteiger partial charge is 0.495 e. The van der Waals surface area contributed by atoms with E-state index < -0.39 is 10.0 Å². The average Bonchev–Trinajstić information content (AvgIpc) is 2.79. The van der Waals surface area contributed by atoms with Crippen LogP contribution in [0.25, 0.3) is 0 Å². The maximum Gasteiger partial charge on any atom is 0.271 e. The van der Waals surface area contributed by atoms with Crippen LogP contribution in [0.2, 0.25) is 0 Å². The Morgan fingerprint density at radius 3 is 2.47 bits per heavy atom. The van der Waals surface area contributed by atoms with E-state index in [1.165, 1.54) is 18.4 Å². The van der Waals surface area contributed by atoms with Crippen LogP contribution in [0.3, 0.4) is 0 Å². The first kappa shape index (κ1) is 13.9. The molecular weight excluding hydrogens is 282 g/mol. The van der Waals surface area contributed by atoms with Gasteiger partial charge in [-0.05, 0) is 43.7 Å². The third-order valence-electron chi connectivity index (χ3n) is 2.58. The summed E-state index contributed by atoms with van der Waals surface area (Å²) in [6.07, 6.45) is 0. The SMILES string of the molecule is COc1cc(C)ccc1NS(=O)(=O)c1ccc(C)s1. The van der Waals surface area contributed by atoms with E-state index in [1.807, 2.05) is 19.9 Å². The second-order valence-electron chi connectivity index (χ2n) is 4.17. The Hall–Kier alpha value is -1.53. The fraction of sp³-hybridized carbons (Fsp3) is 0.231. The summed E-state index contributed by atoms with van der Waals surface area (Å²) >= 11 is 1.24. The molecule has 1 aromatic carbocycles. The lowest BCUT2D eigenvalue weighted by atomic mass is 10.2. The first-order valence-electron chi connectivity index (χ1n) is 5.66. The minimum absolute atomic E-state index is 0.299. The molecule has 2 rings (SSSR count). The van der Waals surface area contributed by atoms with E-state index in [1.54, 1.807) is 24.3 Å². The summed E-state index contributed by atoms with van der Waals surface area (Å²) in [5.41, 5.74) is 1.45. The van der Waals surface area contributed by atoms with Crippen molar-refractivity contribution in [2.45, 2.75) is 18.1 Å². The Balaban J connectivity index is 2.35. The van der Waals surface area contributed by atoms with Crippen molar-refractivity contribution in [3.63, 3.8) is 0 Å². The van der Waals surface area contributed by atoms with Crippen LogP contribution >= 0.6 is 11.3 Å². The van der Waals surface area contributed by atoms with Crippen molar-refractivity contribution in [3.8, 4) is 5.75 Å². The van der Waals surface area contributed by atoms with Crippen molar-refractivity contribution in [1.82, 2.24) is 0 Å². The summed E-state index contributed by atoms with van der Waals surface area (Å²) in [6.45, 7) is 3.79. The third kappa shape index (κ3) is 3.08. The number of sulfonamides is 1. The molecule has 1 N–H and O–H groups in total. The van der Waals surface area contributed by atoms with Crippen LogP contribution < -0.4 is 9.46 Å². The molecule has 0 aliphatic rings. The zero-order chi connectivity index (χ0) is 14.0. The molecule has 19 heavy (non-hydrogen) atoms. The van der Waals surface area contributed by atoms with Gasteiger partial charge in [-0.15, -0.1) is 11.3 Å². The summed E-state index contributed by atoms with van der Waals surface area (Å²) in [7, 11) is -2.03. The lowest BCUT2D eigenvalue weighted by Gasteiger charge is -2.11. The van der Waals surface area contributed by atoms with Crippen molar-refractivity contribution >= 4 is 27.0 Å². The lowest BCUT2D eigenvalue weighted by molar-refractivity contribution is 0.416. The molecule has 0 aliphatic carbocycles. The van der Waals surface area contributed by atoms with Gasteiger partial charge in [-0.2, -0.15) is 0 Å². The molecular formula is C13H15NO3S2. The zero-order valence-corrected chi connectivity index (χ0v) is 12.6. The Kier molecular flexibility index (Phi) is 3.82. The molecule has 4 nitrogen and oxygen atoms in total. The van der Waals surface area contributed by atoms with Crippen LogP contribution in [-0.2, 0) is 10.0 Å². The number of methoxy groups -OCH3 is 1. The quantitative estimate of drug-likeness (QED) is 0.943. The highest BCUT2D eigenvalue weighted by Gasteiger charge is 2.18. The van der Waals surface area contributed by atoms with Gasteiger partial charge in [0.1, 0.15) is 9.96 Å². The highest BCUT2D eigenvalue weighted by molar-refractivity contribution is 7.94. The van der Waals surface area contributed by atoms with E-state index in [9.17, 15) is 8.42 Å². The minimum Gasteiger partial charge on any atom is -0.495 e. The number of benzene rings is 1. The van der Waals surface area contributed by atoms with Gasteiger partial charge >= 0.3 is 0 Å². The predicted octanol–water partition coefficient (Wildman–Crippen LogP) is 3.17. The second-order valence-corrected chi connectivity index (χ2v) is 7.37. The van der Waals surface area contributed by atoms with Gasteiger partial charge in [0.2, 0.25) is 0 Å². The fourth-order valence-electron chi connectivity index (χ4n) is 1.63. The number of hydrogen-bond acceptors (Lipinski definition) is 4. The maximum atomic E-state index is 12.2. The normalized spacial score (nSPS) is 11.3. The average molecular weight is 297 g/mol. The number of thiophene rings is 1. The molecule has 0 radical (unpaired) electrons. The van der Waals surface area contributed by atoms with Crippen LogP contribution in [0.5, 0.6) is 5.75 Å². The van der Waals surface area contributed by atoms with Crippen molar-refractivity contribution in [3.05, 3.63) is 40.8 Å². The van der Waals surface area contributed by atoms with Gasteiger partial charge in [0.05, 0.1) is 12.8 Å². The first-order valence-corrected chi connectivity index (χ1v) is 7.96. The van der Waals surface area contributed by atoms with Crippen molar-refractivity contribution < 1.29 is 13.2 Å². The molecule has 0 saturated carbocycles. The maximum absolute atomic E-state index is 12.2. The molecule has 0 atom stereocenters. The second kappa shape index (κ2) is 5.22. The van der Waals surface area contributed by atoms with E-state index in [0.717, 1.165) is 10.4 Å². The van der Waals surface area contributed by atoms with Gasteiger partial charge in [0, 0.05) is 4.88 Å². The van der Waals surface area contributed by atoms with Gasteiger partial charge in [0.25, 0.3) is 10.0 Å². The molecule has 0 fully saturated rings. The molecule has 6 heteroatoms. The van der Waals surface area contributed by atoms with E-state index >= 15 is 0 Å². The summed E-state index contributed by atoms with van der Waals surface area (Å²) in [4.78, 5) is 0.955. The monoisotopic (exact) mass is 297 g/mol. The number of anilines is 1. The Labute approximate surface area is 117 Å². The molecule has 102 valence electrons. The molecule has 0 amide bonds. The number of hydrogen-bond donors (Lipinski definition) is 1. The molecule has 2 aromatic rings. The molecule has 0 spiro atoms. The van der Waals surface area contributed by atoms with Crippen LogP contribution in [0.1, 0.15) is 10.4 Å². The van der Waals surface area contributed by atoms with E-state index in [4.69, 9.17) is 4.74 Å². The predicted molar refractivity (Wildman–Crippen MR) is 77.6 cm³/mol. The molecule has 0 aliphatic heterocycles. The van der Waals surface area contributed by atoms with Crippen molar-refractivity contribution in [2.75, 3.05) is 11.8 Å². The Bertz CT molecular complexity index is 690. The topological polar surface area (TPSA) is 55.4 Å². The van der Waals surface area contributed by atoms with Gasteiger partial charge in [0.15, 0.2) is 0 Å². The van der Waals surface area contributed by atoms with E-state index in [-0.39, 0.29) is 0 Å². The van der Waals surface area contributed by atoms with E-state index in [0.29, 0.717) is 15.6 Å². The summed E-state index contributed by atoms with van der Waals surface area (Å²) < 4.78 is 32.5. The molecule has 0 saturated heterocycles. The van der Waals surface area contributed by atoms with Crippen molar-refractivity contribution in [2.24, 2.45) is 0 Å². The van der Waals surface area contributed by atoms with Crippen LogP contribution in [0, 0.1) is 13.8 Å². The molecule has 0 unspecified atom stereocenters. The van der Waals surface area contributed by atoms with Crippen LogP contribution in [-0.4, -0.2) is 15.5 Å². The fourth-order valence-corrected chi connectivity index (χ4v) is 3.99. The molecule has 0 bridgehead atoms. The number of aryl methyl sites for hydroxylation is 2. The van der Waals surface area contributed by atoms with Crippen LogP contribution in [0.4, 0.5) is 5.69 Å². The molecule has 1 heterocycles. The summed E-state index contributed by atoms with van der Waals surface area (Å²) in [5, 5.41) is 0. The first-order chi connectivity index (χ1) is 8.92. The number of nitrogens with one attached hydrogen (secondary N) is 1. The summed E-state index contributed by atoms with van der Waals surface area (Å²) in [5.74, 6) is 0.511. The standard InChI is InChI=1S/C13H15NO3S2/c1-9-4-6-11(12(8-9)17-3)14-19(15,16)13-7-5-10(2)18-13/h4-8,14H,1-3H3. The Morgan fingerprint density at radius 2 is 1.89 bits per heavy atom. The lowest BCUT2D eigenvalue weighted by Crippen LogP contribution is -2.12. The highest BCUT2D eigenvalue weighted by Crippen LogP contribution is 2.29.